The maximum Gasteiger partial charge on any atom is 0.165 e. The van der Waals surface area contributed by atoms with E-state index in [2.05, 4.69) is 0 Å². The zero-order valence-corrected chi connectivity index (χ0v) is 8.96. The third-order valence-electron chi connectivity index (χ3n) is 2.54. The van der Waals surface area contributed by atoms with Crippen molar-refractivity contribution in [1.82, 2.24) is 0 Å². The number of aryl methyl sites for hydroxylation is 1. The molecule has 0 aromatic heterocycles. The summed E-state index contributed by atoms with van der Waals surface area (Å²) in [5.74, 6) is -1.09. The first-order valence-corrected chi connectivity index (χ1v) is 5.05. The molecule has 0 amide bonds. The van der Waals surface area contributed by atoms with Gasteiger partial charge >= 0.3 is 0 Å². The molecule has 1 atom stereocenters. The van der Waals surface area contributed by atoms with Crippen molar-refractivity contribution in [2.45, 2.75) is 32.6 Å². The number of benzene rings is 1. The molecule has 0 aliphatic rings. The van der Waals surface area contributed by atoms with Crippen molar-refractivity contribution in [3.63, 3.8) is 0 Å². The van der Waals surface area contributed by atoms with Gasteiger partial charge in [-0.25, -0.2) is 4.39 Å². The van der Waals surface area contributed by atoms with Gasteiger partial charge in [0.25, 0.3) is 0 Å². The molecule has 0 spiro atoms. The van der Waals surface area contributed by atoms with Gasteiger partial charge in [-0.1, -0.05) is 19.9 Å². The topological polar surface area (TPSA) is 37.3 Å². The fourth-order valence-electron chi connectivity index (χ4n) is 1.53. The molecule has 0 saturated carbocycles. The predicted molar refractivity (Wildman–Crippen MR) is 56.5 cm³/mol. The van der Waals surface area contributed by atoms with Crippen molar-refractivity contribution in [3.05, 3.63) is 29.1 Å². The standard InChI is InChI=1S/C12H15FO2/c1-3-9-6-10(8(2)4-5-14)12(15)11(13)7-9/h5-8,15H,3-4H2,1-2H3. The van der Waals surface area contributed by atoms with E-state index < -0.39 is 5.82 Å². The van der Waals surface area contributed by atoms with Gasteiger partial charge in [0.15, 0.2) is 11.6 Å². The van der Waals surface area contributed by atoms with Gasteiger partial charge in [-0.3, -0.25) is 0 Å². The Morgan fingerprint density at radius 3 is 2.73 bits per heavy atom. The number of carbonyl (C=O) groups is 1. The van der Waals surface area contributed by atoms with Crippen molar-refractivity contribution < 1.29 is 14.3 Å². The molecular formula is C12H15FO2. The van der Waals surface area contributed by atoms with E-state index in [-0.39, 0.29) is 11.7 Å². The van der Waals surface area contributed by atoms with Crippen LogP contribution in [0, 0.1) is 5.82 Å². The van der Waals surface area contributed by atoms with Gasteiger partial charge in [-0.2, -0.15) is 0 Å². The van der Waals surface area contributed by atoms with Crippen molar-refractivity contribution >= 4 is 6.29 Å². The summed E-state index contributed by atoms with van der Waals surface area (Å²) in [6.07, 6.45) is 1.78. The lowest BCUT2D eigenvalue weighted by atomic mass is 9.95. The Morgan fingerprint density at radius 2 is 2.20 bits per heavy atom. The summed E-state index contributed by atoms with van der Waals surface area (Å²) in [5, 5.41) is 9.52. The van der Waals surface area contributed by atoms with Crippen molar-refractivity contribution in [2.75, 3.05) is 0 Å². The van der Waals surface area contributed by atoms with Crippen LogP contribution < -0.4 is 0 Å². The highest BCUT2D eigenvalue weighted by molar-refractivity contribution is 5.53. The molecule has 0 saturated heterocycles. The highest BCUT2D eigenvalue weighted by Gasteiger charge is 2.14. The summed E-state index contributed by atoms with van der Waals surface area (Å²) in [6, 6.07) is 3.08. The molecule has 1 N–H and O–H groups in total. The largest absolute Gasteiger partial charge is 0.505 e. The maximum absolute atomic E-state index is 13.3. The molecule has 1 rings (SSSR count). The summed E-state index contributed by atoms with van der Waals surface area (Å²) < 4.78 is 13.3. The van der Waals surface area contributed by atoms with Gasteiger partial charge in [0, 0.05) is 12.0 Å². The van der Waals surface area contributed by atoms with E-state index in [0.717, 1.165) is 11.8 Å². The van der Waals surface area contributed by atoms with Gasteiger partial charge in [0.1, 0.15) is 6.29 Å². The van der Waals surface area contributed by atoms with Crippen molar-refractivity contribution in [2.24, 2.45) is 0 Å². The molecule has 82 valence electrons. The van der Waals surface area contributed by atoms with Gasteiger partial charge in [-0.05, 0) is 24.0 Å². The highest BCUT2D eigenvalue weighted by Crippen LogP contribution is 2.31. The SMILES string of the molecule is CCc1cc(F)c(O)c(C(C)CC=O)c1. The Labute approximate surface area is 88.7 Å². The van der Waals surface area contributed by atoms with E-state index in [9.17, 15) is 14.3 Å². The van der Waals surface area contributed by atoms with Crippen LogP contribution in [0.15, 0.2) is 12.1 Å². The molecule has 1 aromatic rings. The predicted octanol–water partition coefficient (Wildman–Crippen LogP) is 2.79. The first-order valence-electron chi connectivity index (χ1n) is 5.05. The zero-order valence-electron chi connectivity index (χ0n) is 8.96. The lowest BCUT2D eigenvalue weighted by molar-refractivity contribution is -0.108. The van der Waals surface area contributed by atoms with E-state index in [4.69, 9.17) is 0 Å². The van der Waals surface area contributed by atoms with Crippen LogP contribution in [0.3, 0.4) is 0 Å². The zero-order chi connectivity index (χ0) is 11.4. The number of rotatable bonds is 4. The summed E-state index contributed by atoms with van der Waals surface area (Å²) in [7, 11) is 0. The number of phenols is 1. The molecular weight excluding hydrogens is 195 g/mol. The Kier molecular flexibility index (Phi) is 3.83. The van der Waals surface area contributed by atoms with Crippen LogP contribution in [0.2, 0.25) is 0 Å². The molecule has 0 bridgehead atoms. The number of phenolic OH excluding ortho intramolecular Hbond substituents is 1. The molecule has 1 aromatic carbocycles. The van der Waals surface area contributed by atoms with E-state index >= 15 is 0 Å². The lowest BCUT2D eigenvalue weighted by Crippen LogP contribution is -1.98. The lowest BCUT2D eigenvalue weighted by Gasteiger charge is -2.12. The van der Waals surface area contributed by atoms with Crippen LogP contribution in [0.4, 0.5) is 4.39 Å². The average molecular weight is 210 g/mol. The van der Waals surface area contributed by atoms with Gasteiger partial charge in [-0.15, -0.1) is 0 Å². The van der Waals surface area contributed by atoms with Crippen LogP contribution >= 0.6 is 0 Å². The first kappa shape index (κ1) is 11.7. The summed E-state index contributed by atoms with van der Waals surface area (Å²) in [6.45, 7) is 3.71. The minimum absolute atomic E-state index is 0.150. The van der Waals surface area contributed by atoms with Crippen LogP contribution in [-0.4, -0.2) is 11.4 Å². The summed E-state index contributed by atoms with van der Waals surface area (Å²) in [4.78, 5) is 10.4. The monoisotopic (exact) mass is 210 g/mol. The maximum atomic E-state index is 13.3. The number of aldehydes is 1. The van der Waals surface area contributed by atoms with E-state index in [1.165, 1.54) is 6.07 Å². The van der Waals surface area contributed by atoms with Crippen LogP contribution in [0.1, 0.15) is 37.3 Å². The number of hydrogen-bond acceptors (Lipinski definition) is 2. The normalized spacial score (nSPS) is 12.5. The Bertz CT molecular complexity index is 361. The second kappa shape index (κ2) is 4.91. The molecule has 0 aliphatic heterocycles. The van der Waals surface area contributed by atoms with Crippen LogP contribution in [-0.2, 0) is 11.2 Å². The molecule has 1 unspecified atom stereocenters. The highest BCUT2D eigenvalue weighted by atomic mass is 19.1. The molecule has 0 heterocycles. The van der Waals surface area contributed by atoms with Gasteiger partial charge in [0.05, 0.1) is 0 Å². The summed E-state index contributed by atoms with van der Waals surface area (Å²) in [5.41, 5.74) is 1.34. The molecule has 0 fully saturated rings. The summed E-state index contributed by atoms with van der Waals surface area (Å²) >= 11 is 0. The quantitative estimate of drug-likeness (QED) is 0.776. The average Bonchev–Trinajstić information content (AvgIpc) is 2.22. The fourth-order valence-corrected chi connectivity index (χ4v) is 1.53. The number of aromatic hydroxyl groups is 1. The van der Waals surface area contributed by atoms with E-state index in [0.29, 0.717) is 18.4 Å². The Morgan fingerprint density at radius 1 is 1.53 bits per heavy atom. The Hall–Kier alpha value is -1.38. The van der Waals surface area contributed by atoms with E-state index in [1.807, 2.05) is 6.92 Å². The number of carbonyl (C=O) groups excluding carboxylic acids is 1. The van der Waals surface area contributed by atoms with Crippen molar-refractivity contribution in [1.29, 1.82) is 0 Å². The van der Waals surface area contributed by atoms with E-state index in [1.54, 1.807) is 13.0 Å². The smallest absolute Gasteiger partial charge is 0.165 e. The Balaban J connectivity index is 3.14. The first-order chi connectivity index (χ1) is 7.10. The third kappa shape index (κ3) is 2.55. The second-order valence-electron chi connectivity index (χ2n) is 3.67. The minimum Gasteiger partial charge on any atom is -0.505 e. The van der Waals surface area contributed by atoms with Crippen LogP contribution in [0.25, 0.3) is 0 Å². The number of halogens is 1. The molecule has 2 nitrogen and oxygen atoms in total. The molecule has 0 radical (unpaired) electrons. The van der Waals surface area contributed by atoms with Gasteiger partial charge < -0.3 is 9.90 Å². The van der Waals surface area contributed by atoms with Gasteiger partial charge in [0.2, 0.25) is 0 Å². The number of hydrogen-bond donors (Lipinski definition) is 1. The van der Waals surface area contributed by atoms with Crippen LogP contribution in [0.5, 0.6) is 5.75 Å². The minimum atomic E-state index is -0.609. The second-order valence-corrected chi connectivity index (χ2v) is 3.67. The van der Waals surface area contributed by atoms with Crippen molar-refractivity contribution in [3.8, 4) is 5.75 Å². The third-order valence-corrected chi connectivity index (χ3v) is 2.54. The molecule has 15 heavy (non-hydrogen) atoms. The fraction of sp³-hybridized carbons (Fsp3) is 0.417. The molecule has 0 aliphatic carbocycles. The molecule has 3 heteroatoms.